The summed E-state index contributed by atoms with van der Waals surface area (Å²) in [5.41, 5.74) is 1.58. The number of aliphatic hydroxyl groups excluding tert-OH is 1. The molecule has 0 radical (unpaired) electrons. The van der Waals surface area contributed by atoms with Crippen LogP contribution in [0.2, 0.25) is 18.1 Å². The van der Waals surface area contributed by atoms with Crippen LogP contribution in [-0.4, -0.2) is 13.4 Å². The maximum atomic E-state index is 10.6. The summed E-state index contributed by atoms with van der Waals surface area (Å²) in [6, 6.07) is 15.4. The third kappa shape index (κ3) is 5.21. The van der Waals surface area contributed by atoms with E-state index in [0.29, 0.717) is 11.3 Å². The van der Waals surface area contributed by atoms with E-state index in [0.717, 1.165) is 10.0 Å². The van der Waals surface area contributed by atoms with Crippen molar-refractivity contribution in [2.45, 2.75) is 45.0 Å². The van der Waals surface area contributed by atoms with E-state index in [1.165, 1.54) is 0 Å². The Morgan fingerprint density at radius 3 is 2.32 bits per heavy atom. The summed E-state index contributed by atoms with van der Waals surface area (Å²) >= 11 is 3.48. The first-order valence-corrected chi connectivity index (χ1v) is 12.0. The molecular formula is C21H25BrO2Si. The summed E-state index contributed by atoms with van der Waals surface area (Å²) in [6.45, 7) is 11.0. The lowest BCUT2D eigenvalue weighted by Gasteiger charge is -2.37. The molecule has 0 spiro atoms. The van der Waals surface area contributed by atoms with Gasteiger partial charge < -0.3 is 9.53 Å². The van der Waals surface area contributed by atoms with E-state index < -0.39 is 14.4 Å². The van der Waals surface area contributed by atoms with Gasteiger partial charge in [-0.2, -0.15) is 0 Å². The molecule has 0 bridgehead atoms. The van der Waals surface area contributed by atoms with Gasteiger partial charge in [-0.3, -0.25) is 0 Å². The van der Waals surface area contributed by atoms with Gasteiger partial charge in [0, 0.05) is 15.6 Å². The van der Waals surface area contributed by atoms with Crippen molar-refractivity contribution in [3.8, 4) is 17.6 Å². The normalized spacial score (nSPS) is 12.9. The predicted octanol–water partition coefficient (Wildman–Crippen LogP) is 5.92. The molecule has 0 aliphatic rings. The van der Waals surface area contributed by atoms with Crippen LogP contribution in [0.1, 0.15) is 38.0 Å². The lowest BCUT2D eigenvalue weighted by atomic mass is 10.1. The first-order chi connectivity index (χ1) is 11.6. The van der Waals surface area contributed by atoms with Crippen LogP contribution in [0.4, 0.5) is 0 Å². The standard InChI is InChI=1S/C21H25BrO2Si/c1-21(2,3)25(4,5)24-20-14-12-17(22)15-18(20)19(23)13-11-16-9-7-6-8-10-16/h6-10,12,14-15,19,23H,1-5H3. The minimum atomic E-state index is -2.00. The van der Waals surface area contributed by atoms with Crippen molar-refractivity contribution in [3.05, 3.63) is 64.1 Å². The zero-order chi connectivity index (χ0) is 18.7. The zero-order valence-electron chi connectivity index (χ0n) is 15.4. The maximum Gasteiger partial charge on any atom is 0.250 e. The number of aliphatic hydroxyl groups is 1. The Hall–Kier alpha value is -1.54. The molecule has 0 aliphatic carbocycles. The molecule has 0 amide bonds. The lowest BCUT2D eigenvalue weighted by molar-refractivity contribution is 0.235. The minimum absolute atomic E-state index is 0.0814. The van der Waals surface area contributed by atoms with Crippen LogP contribution >= 0.6 is 15.9 Å². The molecule has 2 aromatic rings. The van der Waals surface area contributed by atoms with Gasteiger partial charge in [0.05, 0.1) is 0 Å². The second-order valence-corrected chi connectivity index (χ2v) is 13.2. The molecule has 2 rings (SSSR count). The molecule has 2 aromatic carbocycles. The average Bonchev–Trinajstić information content (AvgIpc) is 2.54. The summed E-state index contributed by atoms with van der Waals surface area (Å²) in [6.07, 6.45) is -0.905. The van der Waals surface area contributed by atoms with Gasteiger partial charge in [0.1, 0.15) is 11.9 Å². The molecule has 0 aliphatic heterocycles. The van der Waals surface area contributed by atoms with Crippen LogP contribution in [0.3, 0.4) is 0 Å². The van der Waals surface area contributed by atoms with Gasteiger partial charge in [-0.25, -0.2) is 0 Å². The van der Waals surface area contributed by atoms with E-state index in [1.807, 2.05) is 48.5 Å². The third-order valence-electron chi connectivity index (χ3n) is 4.56. The maximum absolute atomic E-state index is 10.6. The summed E-state index contributed by atoms with van der Waals surface area (Å²) in [4.78, 5) is 0. The monoisotopic (exact) mass is 416 g/mol. The summed E-state index contributed by atoms with van der Waals surface area (Å²) in [7, 11) is -2.00. The highest BCUT2D eigenvalue weighted by atomic mass is 79.9. The summed E-state index contributed by atoms with van der Waals surface area (Å²) in [5.74, 6) is 6.66. The van der Waals surface area contributed by atoms with Crippen LogP contribution < -0.4 is 4.43 Å². The molecule has 132 valence electrons. The van der Waals surface area contributed by atoms with Crippen molar-refractivity contribution in [1.82, 2.24) is 0 Å². The van der Waals surface area contributed by atoms with Crippen LogP contribution in [0, 0.1) is 11.8 Å². The van der Waals surface area contributed by atoms with Gasteiger partial charge in [0.15, 0.2) is 0 Å². The first kappa shape index (κ1) is 19.8. The van der Waals surface area contributed by atoms with Crippen molar-refractivity contribution >= 4 is 24.2 Å². The fourth-order valence-corrected chi connectivity index (χ4v) is 3.43. The van der Waals surface area contributed by atoms with E-state index in [1.54, 1.807) is 0 Å². The zero-order valence-corrected chi connectivity index (χ0v) is 18.0. The summed E-state index contributed by atoms with van der Waals surface area (Å²) < 4.78 is 7.31. The molecular weight excluding hydrogens is 392 g/mol. The van der Waals surface area contributed by atoms with Crippen molar-refractivity contribution in [1.29, 1.82) is 0 Å². The van der Waals surface area contributed by atoms with Gasteiger partial charge in [-0.15, -0.1) is 0 Å². The quantitative estimate of drug-likeness (QED) is 0.496. The number of rotatable bonds is 3. The molecule has 0 fully saturated rings. The Balaban J connectivity index is 2.34. The second-order valence-electron chi connectivity index (χ2n) is 7.58. The van der Waals surface area contributed by atoms with Gasteiger partial charge in [-0.05, 0) is 48.5 Å². The van der Waals surface area contributed by atoms with Crippen molar-refractivity contribution < 1.29 is 9.53 Å². The van der Waals surface area contributed by atoms with E-state index in [9.17, 15) is 5.11 Å². The smallest absolute Gasteiger partial charge is 0.250 e. The largest absolute Gasteiger partial charge is 0.543 e. The summed E-state index contributed by atoms with van der Waals surface area (Å²) in [5, 5.41) is 10.7. The van der Waals surface area contributed by atoms with Gasteiger partial charge in [0.25, 0.3) is 0 Å². The molecule has 1 atom stereocenters. The molecule has 0 saturated heterocycles. The van der Waals surface area contributed by atoms with Crippen LogP contribution in [0.15, 0.2) is 53.0 Å². The predicted molar refractivity (Wildman–Crippen MR) is 110 cm³/mol. The van der Waals surface area contributed by atoms with Crippen LogP contribution in [0.5, 0.6) is 5.75 Å². The first-order valence-electron chi connectivity index (χ1n) is 8.33. The topological polar surface area (TPSA) is 29.5 Å². The highest BCUT2D eigenvalue weighted by Crippen LogP contribution is 2.39. The van der Waals surface area contributed by atoms with Crippen molar-refractivity contribution in [2.24, 2.45) is 0 Å². The van der Waals surface area contributed by atoms with Crippen molar-refractivity contribution in [3.63, 3.8) is 0 Å². The van der Waals surface area contributed by atoms with E-state index in [-0.39, 0.29) is 5.04 Å². The number of hydrogen-bond donors (Lipinski definition) is 1. The van der Waals surface area contributed by atoms with Crippen molar-refractivity contribution in [2.75, 3.05) is 0 Å². The molecule has 0 aromatic heterocycles. The molecule has 1 unspecified atom stereocenters. The third-order valence-corrected chi connectivity index (χ3v) is 9.40. The minimum Gasteiger partial charge on any atom is -0.543 e. The van der Waals surface area contributed by atoms with E-state index in [2.05, 4.69) is 61.6 Å². The Kier molecular flexibility index (Phi) is 6.15. The van der Waals surface area contributed by atoms with Gasteiger partial charge in [0.2, 0.25) is 8.32 Å². The highest BCUT2D eigenvalue weighted by Gasteiger charge is 2.39. The Morgan fingerprint density at radius 2 is 1.72 bits per heavy atom. The van der Waals surface area contributed by atoms with Gasteiger partial charge in [-0.1, -0.05) is 66.7 Å². The lowest BCUT2D eigenvalue weighted by Crippen LogP contribution is -2.44. The molecule has 4 heteroatoms. The molecule has 0 heterocycles. The fraction of sp³-hybridized carbons (Fsp3) is 0.333. The van der Waals surface area contributed by atoms with E-state index >= 15 is 0 Å². The SMILES string of the molecule is CC(C)(C)[Si](C)(C)Oc1ccc(Br)cc1C(O)C#Cc1ccccc1. The highest BCUT2D eigenvalue weighted by molar-refractivity contribution is 9.10. The van der Waals surface area contributed by atoms with Crippen LogP contribution in [-0.2, 0) is 0 Å². The fourth-order valence-electron chi connectivity index (χ4n) is 2.00. The molecule has 2 nitrogen and oxygen atoms in total. The second kappa shape index (κ2) is 7.78. The average molecular weight is 417 g/mol. The molecule has 1 N–H and O–H groups in total. The Morgan fingerprint density at radius 1 is 1.08 bits per heavy atom. The number of halogens is 1. The Bertz CT molecular complexity index is 783. The van der Waals surface area contributed by atoms with Crippen LogP contribution in [0.25, 0.3) is 0 Å². The Labute approximate surface area is 160 Å². The van der Waals surface area contributed by atoms with Gasteiger partial charge >= 0.3 is 0 Å². The van der Waals surface area contributed by atoms with E-state index in [4.69, 9.17) is 4.43 Å². The number of benzene rings is 2. The molecule has 25 heavy (non-hydrogen) atoms. The number of hydrogen-bond acceptors (Lipinski definition) is 2. The molecule has 0 saturated carbocycles.